The largest absolute Gasteiger partial charge is 0.300 e. The Bertz CT molecular complexity index is 787. The van der Waals surface area contributed by atoms with Crippen LogP contribution in [0.25, 0.3) is 6.08 Å². The van der Waals surface area contributed by atoms with E-state index in [1.54, 1.807) is 30.3 Å². The van der Waals surface area contributed by atoms with E-state index in [1.165, 1.54) is 23.9 Å². The number of aliphatic imine (C=N–C) groups is 1. The smallest absolute Gasteiger partial charge is 0.264 e. The van der Waals surface area contributed by atoms with Crippen LogP contribution in [0.3, 0.4) is 0 Å². The molecule has 0 bridgehead atoms. The maximum absolute atomic E-state index is 12.9. The fraction of sp³-hybridized carbons (Fsp3) is 0. The van der Waals surface area contributed by atoms with E-state index in [9.17, 15) is 9.18 Å². The number of amides is 1. The van der Waals surface area contributed by atoms with Gasteiger partial charge in [-0.05, 0) is 47.7 Å². The van der Waals surface area contributed by atoms with Crippen LogP contribution >= 0.6 is 23.4 Å². The molecule has 1 aliphatic rings. The number of hydrogen-bond donors (Lipinski definition) is 1. The molecule has 1 fully saturated rings. The number of carbonyl (C=O) groups is 1. The SMILES string of the molecule is O=C1NC(=Nc2ccccc2Cl)SC1=Cc1ccc(F)cc1. The minimum Gasteiger partial charge on any atom is -0.300 e. The van der Waals surface area contributed by atoms with Gasteiger partial charge in [0.05, 0.1) is 15.6 Å². The number of thioether (sulfide) groups is 1. The average molecular weight is 333 g/mol. The summed E-state index contributed by atoms with van der Waals surface area (Å²) in [7, 11) is 0. The normalized spacial score (nSPS) is 18.0. The highest BCUT2D eigenvalue weighted by molar-refractivity contribution is 8.18. The monoisotopic (exact) mass is 332 g/mol. The first-order chi connectivity index (χ1) is 10.6. The van der Waals surface area contributed by atoms with Crippen molar-refractivity contribution in [2.75, 3.05) is 0 Å². The van der Waals surface area contributed by atoms with Crippen LogP contribution in [0.1, 0.15) is 5.56 Å². The molecule has 0 radical (unpaired) electrons. The van der Waals surface area contributed by atoms with Crippen LogP contribution in [0.5, 0.6) is 0 Å². The summed E-state index contributed by atoms with van der Waals surface area (Å²) < 4.78 is 12.9. The number of amidine groups is 1. The predicted molar refractivity (Wildman–Crippen MR) is 88.7 cm³/mol. The van der Waals surface area contributed by atoms with Gasteiger partial charge in [-0.1, -0.05) is 35.9 Å². The van der Waals surface area contributed by atoms with Crippen molar-refractivity contribution in [2.45, 2.75) is 0 Å². The molecule has 3 rings (SSSR count). The van der Waals surface area contributed by atoms with Crippen LogP contribution in [-0.4, -0.2) is 11.1 Å². The van der Waals surface area contributed by atoms with E-state index in [1.807, 2.05) is 12.1 Å². The second-order valence-corrected chi connectivity index (χ2v) is 5.92. The molecule has 2 aromatic carbocycles. The van der Waals surface area contributed by atoms with Crippen molar-refractivity contribution in [3.8, 4) is 0 Å². The molecule has 1 N–H and O–H groups in total. The van der Waals surface area contributed by atoms with Crippen molar-refractivity contribution >= 4 is 46.2 Å². The highest BCUT2D eigenvalue weighted by Crippen LogP contribution is 2.30. The fourth-order valence-electron chi connectivity index (χ4n) is 1.84. The van der Waals surface area contributed by atoms with Crippen molar-refractivity contribution in [1.82, 2.24) is 5.32 Å². The summed E-state index contributed by atoms with van der Waals surface area (Å²) in [6, 6.07) is 13.1. The van der Waals surface area contributed by atoms with Gasteiger partial charge in [0.1, 0.15) is 5.82 Å². The summed E-state index contributed by atoms with van der Waals surface area (Å²) in [5.41, 5.74) is 1.34. The third-order valence-corrected chi connectivity index (χ3v) is 4.12. The second kappa shape index (κ2) is 6.34. The molecule has 1 heterocycles. The molecule has 0 aliphatic carbocycles. The third kappa shape index (κ3) is 3.37. The molecule has 2 aromatic rings. The lowest BCUT2D eigenvalue weighted by molar-refractivity contribution is -0.115. The third-order valence-electron chi connectivity index (χ3n) is 2.89. The van der Waals surface area contributed by atoms with Gasteiger partial charge in [0.2, 0.25) is 0 Å². The summed E-state index contributed by atoms with van der Waals surface area (Å²) in [6.07, 6.45) is 1.69. The Morgan fingerprint density at radius 2 is 1.86 bits per heavy atom. The standard InChI is InChI=1S/C16H10ClFN2OS/c17-12-3-1-2-4-13(12)19-16-20-15(21)14(22-16)9-10-5-7-11(18)8-6-10/h1-9H,(H,19,20,21). The molecule has 0 atom stereocenters. The van der Waals surface area contributed by atoms with Gasteiger partial charge in [0, 0.05) is 0 Å². The van der Waals surface area contributed by atoms with Gasteiger partial charge < -0.3 is 5.32 Å². The Morgan fingerprint density at radius 1 is 1.14 bits per heavy atom. The van der Waals surface area contributed by atoms with E-state index in [2.05, 4.69) is 10.3 Å². The van der Waals surface area contributed by atoms with Gasteiger partial charge in [-0.3, -0.25) is 4.79 Å². The van der Waals surface area contributed by atoms with E-state index >= 15 is 0 Å². The van der Waals surface area contributed by atoms with Crippen LogP contribution in [0.2, 0.25) is 5.02 Å². The van der Waals surface area contributed by atoms with Crippen molar-refractivity contribution in [3.63, 3.8) is 0 Å². The Morgan fingerprint density at radius 3 is 2.59 bits per heavy atom. The zero-order valence-electron chi connectivity index (χ0n) is 11.2. The highest BCUT2D eigenvalue weighted by atomic mass is 35.5. The summed E-state index contributed by atoms with van der Waals surface area (Å²) >= 11 is 7.26. The first kappa shape index (κ1) is 14.8. The van der Waals surface area contributed by atoms with Gasteiger partial charge in [-0.15, -0.1) is 0 Å². The maximum atomic E-state index is 12.9. The van der Waals surface area contributed by atoms with E-state index in [0.717, 1.165) is 5.56 Å². The van der Waals surface area contributed by atoms with Gasteiger partial charge in [0.15, 0.2) is 5.17 Å². The molecule has 1 amide bonds. The van der Waals surface area contributed by atoms with E-state index in [0.29, 0.717) is 20.8 Å². The van der Waals surface area contributed by atoms with Crippen LogP contribution in [-0.2, 0) is 4.79 Å². The lowest BCUT2D eigenvalue weighted by atomic mass is 10.2. The lowest BCUT2D eigenvalue weighted by Gasteiger charge is -1.98. The first-order valence-electron chi connectivity index (χ1n) is 6.41. The molecule has 6 heteroatoms. The Hall–Kier alpha value is -2.11. The zero-order valence-corrected chi connectivity index (χ0v) is 12.8. The molecule has 110 valence electrons. The average Bonchev–Trinajstić information content (AvgIpc) is 2.84. The quantitative estimate of drug-likeness (QED) is 0.830. The molecular weight excluding hydrogens is 323 g/mol. The molecule has 0 spiro atoms. The molecule has 0 saturated carbocycles. The Kier molecular flexibility index (Phi) is 4.27. The molecule has 0 unspecified atom stereocenters. The fourth-order valence-corrected chi connectivity index (χ4v) is 2.86. The van der Waals surface area contributed by atoms with Gasteiger partial charge in [-0.25, -0.2) is 9.38 Å². The van der Waals surface area contributed by atoms with E-state index < -0.39 is 0 Å². The van der Waals surface area contributed by atoms with Crippen LogP contribution in [0, 0.1) is 5.82 Å². The predicted octanol–water partition coefficient (Wildman–Crippen LogP) is 4.37. The topological polar surface area (TPSA) is 41.5 Å². The number of carbonyl (C=O) groups excluding carboxylic acids is 1. The number of rotatable bonds is 2. The van der Waals surface area contributed by atoms with Crippen molar-refractivity contribution in [1.29, 1.82) is 0 Å². The number of nitrogens with zero attached hydrogens (tertiary/aromatic N) is 1. The molecule has 3 nitrogen and oxygen atoms in total. The number of para-hydroxylation sites is 1. The minimum atomic E-state index is -0.313. The zero-order chi connectivity index (χ0) is 15.5. The summed E-state index contributed by atoms with van der Waals surface area (Å²) in [6.45, 7) is 0. The molecule has 22 heavy (non-hydrogen) atoms. The number of hydrogen-bond acceptors (Lipinski definition) is 3. The minimum absolute atomic E-state index is 0.236. The van der Waals surface area contributed by atoms with Crippen LogP contribution in [0.4, 0.5) is 10.1 Å². The van der Waals surface area contributed by atoms with E-state index in [4.69, 9.17) is 11.6 Å². The molecular formula is C16H10ClFN2OS. The van der Waals surface area contributed by atoms with Gasteiger partial charge in [0.25, 0.3) is 5.91 Å². The van der Waals surface area contributed by atoms with Crippen molar-refractivity contribution in [3.05, 3.63) is 69.8 Å². The molecule has 1 aliphatic heterocycles. The molecule has 0 aromatic heterocycles. The van der Waals surface area contributed by atoms with Gasteiger partial charge >= 0.3 is 0 Å². The maximum Gasteiger partial charge on any atom is 0.264 e. The summed E-state index contributed by atoms with van der Waals surface area (Å²) in [4.78, 5) is 16.8. The Labute approximate surface area is 135 Å². The van der Waals surface area contributed by atoms with Crippen molar-refractivity contribution < 1.29 is 9.18 Å². The first-order valence-corrected chi connectivity index (χ1v) is 7.61. The summed E-state index contributed by atoms with van der Waals surface area (Å²) in [5.74, 6) is -0.549. The lowest BCUT2D eigenvalue weighted by Crippen LogP contribution is -2.19. The highest BCUT2D eigenvalue weighted by Gasteiger charge is 2.23. The number of halogens is 2. The van der Waals surface area contributed by atoms with Crippen molar-refractivity contribution in [2.24, 2.45) is 4.99 Å². The van der Waals surface area contributed by atoms with Gasteiger partial charge in [-0.2, -0.15) is 0 Å². The number of benzene rings is 2. The summed E-state index contributed by atoms with van der Waals surface area (Å²) in [5, 5.41) is 3.66. The molecule has 1 saturated heterocycles. The van der Waals surface area contributed by atoms with E-state index in [-0.39, 0.29) is 11.7 Å². The second-order valence-electron chi connectivity index (χ2n) is 4.48. The number of nitrogens with one attached hydrogen (secondary N) is 1. The Balaban J connectivity index is 1.84. The van der Waals surface area contributed by atoms with Crippen LogP contribution < -0.4 is 5.32 Å². The van der Waals surface area contributed by atoms with Crippen LogP contribution in [0.15, 0.2) is 58.4 Å².